The van der Waals surface area contributed by atoms with Crippen molar-refractivity contribution >= 4 is 51.8 Å². The lowest BCUT2D eigenvalue weighted by Crippen LogP contribution is -2.18. The smallest absolute Gasteiger partial charge is 0.282 e. The first-order valence-electron chi connectivity index (χ1n) is 5.06. The van der Waals surface area contributed by atoms with E-state index in [2.05, 4.69) is 5.32 Å². The van der Waals surface area contributed by atoms with Crippen molar-refractivity contribution in [2.45, 2.75) is 4.90 Å². The van der Waals surface area contributed by atoms with Gasteiger partial charge >= 0.3 is 0 Å². The molecule has 2 aliphatic rings. The maximum Gasteiger partial charge on any atom is 0.290 e. The number of carbonyl (C=O) groups is 2. The second kappa shape index (κ2) is 4.50. The number of hydrogen-bond acceptors (Lipinski definition) is 4. The van der Waals surface area contributed by atoms with E-state index in [0.717, 1.165) is 27.8 Å². The van der Waals surface area contributed by atoms with Crippen molar-refractivity contribution in [3.8, 4) is 0 Å². The maximum absolute atomic E-state index is 11.7. The summed E-state index contributed by atoms with van der Waals surface area (Å²) < 4.78 is 0. The monoisotopic (exact) mass is 295 g/mol. The number of hydrogen-bond donors (Lipinski definition) is 1. The molecule has 1 fully saturated rings. The normalized spacial score (nSPS) is 22.1. The molecule has 1 aromatic carbocycles. The number of nitrogens with one attached hydrogen (secondary N) is 1. The topological polar surface area (TPSA) is 46.2 Å². The molecule has 90 valence electrons. The van der Waals surface area contributed by atoms with Crippen LogP contribution in [0.15, 0.2) is 39.5 Å². The van der Waals surface area contributed by atoms with Crippen molar-refractivity contribution < 1.29 is 9.59 Å². The molecule has 0 unspecified atom stereocenters. The second-order valence-corrected chi connectivity index (χ2v) is 6.01. The van der Waals surface area contributed by atoms with E-state index in [1.165, 1.54) is 0 Å². The first-order valence-corrected chi connectivity index (χ1v) is 7.13. The zero-order valence-corrected chi connectivity index (χ0v) is 11.3. The summed E-state index contributed by atoms with van der Waals surface area (Å²) in [7, 11) is 0. The number of imide groups is 1. The molecule has 1 N–H and O–H groups in total. The van der Waals surface area contributed by atoms with Crippen molar-refractivity contribution in [2.75, 3.05) is 0 Å². The van der Waals surface area contributed by atoms with Crippen LogP contribution in [0.1, 0.15) is 5.56 Å². The highest BCUT2D eigenvalue weighted by atomic mass is 35.5. The largest absolute Gasteiger partial charge is 0.290 e. The Morgan fingerprint density at radius 3 is 2.78 bits per heavy atom. The van der Waals surface area contributed by atoms with Gasteiger partial charge < -0.3 is 0 Å². The summed E-state index contributed by atoms with van der Waals surface area (Å²) in [6.45, 7) is 0. The number of benzene rings is 1. The van der Waals surface area contributed by atoms with Crippen LogP contribution in [0.2, 0.25) is 5.02 Å². The molecule has 0 aliphatic carbocycles. The first-order chi connectivity index (χ1) is 8.65. The molecule has 6 heteroatoms. The molecule has 3 nitrogen and oxygen atoms in total. The van der Waals surface area contributed by atoms with Gasteiger partial charge in [0.2, 0.25) is 0 Å². The van der Waals surface area contributed by atoms with Crippen molar-refractivity contribution in [1.82, 2.24) is 5.32 Å². The van der Waals surface area contributed by atoms with Gasteiger partial charge in [0, 0.05) is 15.5 Å². The van der Waals surface area contributed by atoms with E-state index in [-0.39, 0.29) is 11.1 Å². The molecule has 1 aromatic rings. The van der Waals surface area contributed by atoms with Crippen LogP contribution < -0.4 is 5.32 Å². The molecule has 0 atom stereocenters. The van der Waals surface area contributed by atoms with Crippen molar-refractivity contribution in [3.63, 3.8) is 0 Å². The second-order valence-electron chi connectivity index (χ2n) is 3.65. The average Bonchev–Trinajstić information content (AvgIpc) is 2.67. The summed E-state index contributed by atoms with van der Waals surface area (Å²) >= 11 is 8.42. The third kappa shape index (κ3) is 1.98. The van der Waals surface area contributed by atoms with E-state index in [1.54, 1.807) is 17.8 Å². The minimum atomic E-state index is -0.336. The third-order valence-electron chi connectivity index (χ3n) is 2.52. The Labute approximate surface area is 117 Å². The Morgan fingerprint density at radius 2 is 2.06 bits per heavy atom. The van der Waals surface area contributed by atoms with Crippen LogP contribution in [0, 0.1) is 0 Å². The molecule has 0 radical (unpaired) electrons. The van der Waals surface area contributed by atoms with E-state index in [1.807, 2.05) is 23.6 Å². The number of carbonyl (C=O) groups excluding carboxylic acids is 2. The predicted octanol–water partition coefficient (Wildman–Crippen LogP) is 3.65. The van der Waals surface area contributed by atoms with Crippen LogP contribution >= 0.6 is 35.1 Å². The van der Waals surface area contributed by atoms with Crippen LogP contribution in [0.25, 0.3) is 5.57 Å². The summed E-state index contributed by atoms with van der Waals surface area (Å²) in [6.07, 6.45) is 1.85. The van der Waals surface area contributed by atoms with Gasteiger partial charge in [-0.1, -0.05) is 29.4 Å². The Balaban J connectivity index is 2.18. The summed E-state index contributed by atoms with van der Waals surface area (Å²) in [5.41, 5.74) is 1.70. The third-order valence-corrected chi connectivity index (χ3v) is 4.52. The zero-order chi connectivity index (χ0) is 12.7. The molecule has 0 bridgehead atoms. The summed E-state index contributed by atoms with van der Waals surface area (Å²) in [4.78, 5) is 24.3. The lowest BCUT2D eigenvalue weighted by molar-refractivity contribution is -0.115. The maximum atomic E-state index is 11.7. The molecule has 18 heavy (non-hydrogen) atoms. The lowest BCUT2D eigenvalue weighted by atomic mass is 10.0. The Bertz CT molecular complexity index is 637. The molecule has 2 heterocycles. The van der Waals surface area contributed by atoms with Gasteiger partial charge in [0.1, 0.15) is 0 Å². The SMILES string of the molecule is O=C1NC(=O)C(=C2C=CSc3cc(Cl)ccc32)S1. The fraction of sp³-hybridized carbons (Fsp3) is 0. The molecule has 1 saturated heterocycles. The van der Waals surface area contributed by atoms with E-state index in [0.29, 0.717) is 9.93 Å². The number of halogens is 1. The fourth-order valence-electron chi connectivity index (χ4n) is 1.77. The van der Waals surface area contributed by atoms with Gasteiger partial charge in [-0.05, 0) is 40.9 Å². The summed E-state index contributed by atoms with van der Waals surface area (Å²) in [5.74, 6) is -0.336. The molecule has 0 saturated carbocycles. The van der Waals surface area contributed by atoms with Crippen LogP contribution in [0.4, 0.5) is 4.79 Å². The molecule has 0 aromatic heterocycles. The number of amides is 2. The summed E-state index contributed by atoms with van der Waals surface area (Å²) in [6, 6.07) is 5.50. The average molecular weight is 296 g/mol. The lowest BCUT2D eigenvalue weighted by Gasteiger charge is -2.14. The predicted molar refractivity (Wildman–Crippen MR) is 74.5 cm³/mol. The molecule has 0 spiro atoms. The van der Waals surface area contributed by atoms with Crippen molar-refractivity contribution in [1.29, 1.82) is 0 Å². The summed E-state index contributed by atoms with van der Waals surface area (Å²) in [5, 5.41) is 4.48. The van der Waals surface area contributed by atoms with E-state index in [4.69, 9.17) is 11.6 Å². The van der Waals surface area contributed by atoms with E-state index >= 15 is 0 Å². The molecule has 2 aliphatic heterocycles. The standard InChI is InChI=1S/C12H6ClNO2S2/c13-6-1-2-7-8(3-4-17-9(7)5-6)10-11(15)14-12(16)18-10/h1-5H,(H,14,15,16). The van der Waals surface area contributed by atoms with E-state index in [9.17, 15) is 9.59 Å². The van der Waals surface area contributed by atoms with Gasteiger partial charge in [-0.15, -0.1) is 0 Å². The van der Waals surface area contributed by atoms with E-state index < -0.39 is 0 Å². The quantitative estimate of drug-likeness (QED) is 0.742. The van der Waals surface area contributed by atoms with Gasteiger partial charge in [0.25, 0.3) is 11.1 Å². The highest BCUT2D eigenvalue weighted by Gasteiger charge is 2.29. The number of thioether (sulfide) groups is 2. The van der Waals surface area contributed by atoms with Crippen LogP contribution in [-0.2, 0) is 4.79 Å². The highest BCUT2D eigenvalue weighted by Crippen LogP contribution is 2.41. The molecular weight excluding hydrogens is 290 g/mol. The minimum absolute atomic E-state index is 0.329. The minimum Gasteiger partial charge on any atom is -0.282 e. The Kier molecular flexibility index (Phi) is 2.97. The Hall–Kier alpha value is -1.17. The van der Waals surface area contributed by atoms with Crippen LogP contribution in [0.5, 0.6) is 0 Å². The highest BCUT2D eigenvalue weighted by molar-refractivity contribution is 8.18. The molecule has 3 rings (SSSR count). The van der Waals surface area contributed by atoms with Crippen molar-refractivity contribution in [2.24, 2.45) is 0 Å². The first kappa shape index (κ1) is 11.9. The number of allylic oxidation sites excluding steroid dienone is 2. The molecule has 2 amide bonds. The Morgan fingerprint density at radius 1 is 1.22 bits per heavy atom. The van der Waals surface area contributed by atoms with Crippen molar-refractivity contribution in [3.05, 3.63) is 45.2 Å². The fourth-order valence-corrected chi connectivity index (χ4v) is 3.62. The van der Waals surface area contributed by atoms with Gasteiger partial charge in [0.05, 0.1) is 4.91 Å². The van der Waals surface area contributed by atoms with Gasteiger partial charge in [-0.25, -0.2) is 0 Å². The van der Waals surface area contributed by atoms with Gasteiger partial charge in [-0.2, -0.15) is 0 Å². The van der Waals surface area contributed by atoms with Crippen LogP contribution in [-0.4, -0.2) is 11.1 Å². The van der Waals surface area contributed by atoms with Gasteiger partial charge in [-0.3, -0.25) is 14.9 Å². The molecular formula is C12H6ClNO2S2. The zero-order valence-electron chi connectivity index (χ0n) is 8.90. The van der Waals surface area contributed by atoms with Gasteiger partial charge in [0.15, 0.2) is 0 Å². The number of rotatable bonds is 0. The van der Waals surface area contributed by atoms with Crippen LogP contribution in [0.3, 0.4) is 0 Å². The number of fused-ring (bicyclic) bond motifs is 1.